The lowest BCUT2D eigenvalue weighted by Crippen LogP contribution is -2.32. The lowest BCUT2D eigenvalue weighted by Gasteiger charge is -2.18. The fourth-order valence-corrected chi connectivity index (χ4v) is 2.99. The van der Waals surface area contributed by atoms with Crippen LogP contribution in [0.3, 0.4) is 0 Å². The van der Waals surface area contributed by atoms with Gasteiger partial charge in [-0.05, 0) is 30.0 Å². The Hall–Kier alpha value is -2.21. The fraction of sp³-hybridized carbons (Fsp3) is 0.353. The van der Waals surface area contributed by atoms with Gasteiger partial charge in [-0.25, -0.2) is 4.79 Å². The van der Waals surface area contributed by atoms with E-state index in [-0.39, 0.29) is 6.03 Å². The van der Waals surface area contributed by atoms with Crippen molar-refractivity contribution in [2.75, 3.05) is 32.1 Å². The summed E-state index contributed by atoms with van der Waals surface area (Å²) < 4.78 is 11.2. The van der Waals surface area contributed by atoms with Crippen molar-refractivity contribution in [1.82, 2.24) is 4.90 Å². The number of ether oxygens (including phenoxy) is 2. The van der Waals surface area contributed by atoms with E-state index < -0.39 is 0 Å². The molecule has 2 aromatic rings. The van der Waals surface area contributed by atoms with Crippen molar-refractivity contribution in [3.05, 3.63) is 40.6 Å². The maximum absolute atomic E-state index is 12.3. The molecule has 0 aliphatic carbocycles. The maximum atomic E-state index is 12.3. The van der Waals surface area contributed by atoms with Crippen molar-refractivity contribution in [3.63, 3.8) is 0 Å². The Balaban J connectivity index is 1.57. The van der Waals surface area contributed by atoms with E-state index in [0.717, 1.165) is 18.6 Å². The van der Waals surface area contributed by atoms with E-state index in [4.69, 9.17) is 9.47 Å². The van der Waals surface area contributed by atoms with Crippen molar-refractivity contribution in [2.24, 2.45) is 0 Å². The second-order valence-electron chi connectivity index (χ2n) is 5.39. The average molecular weight is 332 g/mol. The summed E-state index contributed by atoms with van der Waals surface area (Å²) in [4.78, 5) is 15.2. The van der Waals surface area contributed by atoms with E-state index in [1.807, 2.05) is 29.6 Å². The number of fused-ring (bicyclic) bond motifs is 1. The summed E-state index contributed by atoms with van der Waals surface area (Å²) in [5.41, 5.74) is 0.710. The van der Waals surface area contributed by atoms with Gasteiger partial charge in [0.2, 0.25) is 0 Å². The van der Waals surface area contributed by atoms with Crippen LogP contribution in [-0.2, 0) is 6.42 Å². The molecule has 1 aromatic carbocycles. The summed E-state index contributed by atoms with van der Waals surface area (Å²) >= 11 is 1.71. The van der Waals surface area contributed by atoms with Gasteiger partial charge in [0.15, 0.2) is 11.5 Å². The predicted molar refractivity (Wildman–Crippen MR) is 91.7 cm³/mol. The Morgan fingerprint density at radius 3 is 2.87 bits per heavy atom. The SMILES string of the molecule is CN(CCc1cccs1)C(=O)Nc1ccc2c(c1)OCCCO2. The van der Waals surface area contributed by atoms with Crippen LogP contribution < -0.4 is 14.8 Å². The molecule has 0 radical (unpaired) electrons. The molecule has 1 aliphatic rings. The van der Waals surface area contributed by atoms with E-state index in [1.54, 1.807) is 23.3 Å². The first-order valence-electron chi connectivity index (χ1n) is 7.66. The van der Waals surface area contributed by atoms with E-state index >= 15 is 0 Å². The third-order valence-corrected chi connectivity index (χ3v) is 4.56. The molecule has 0 unspecified atom stereocenters. The van der Waals surface area contributed by atoms with Crippen molar-refractivity contribution < 1.29 is 14.3 Å². The first-order valence-corrected chi connectivity index (χ1v) is 8.54. The molecule has 0 saturated carbocycles. The molecule has 1 aliphatic heterocycles. The highest BCUT2D eigenvalue weighted by Gasteiger charge is 2.13. The van der Waals surface area contributed by atoms with Gasteiger partial charge in [0.25, 0.3) is 0 Å². The molecule has 2 amide bonds. The molecule has 1 N–H and O–H groups in total. The molecule has 0 atom stereocenters. The number of urea groups is 1. The van der Waals surface area contributed by atoms with Gasteiger partial charge in [0.1, 0.15) is 0 Å². The smallest absolute Gasteiger partial charge is 0.321 e. The molecule has 6 heteroatoms. The first-order chi connectivity index (χ1) is 11.2. The fourth-order valence-electron chi connectivity index (χ4n) is 2.29. The summed E-state index contributed by atoms with van der Waals surface area (Å²) in [6.45, 7) is 1.96. The standard InChI is InChI=1S/C17H20N2O3S/c1-19(8-7-14-4-2-11-23-14)17(20)18-13-5-6-15-16(12-13)22-10-3-9-21-15/h2,4-6,11-12H,3,7-10H2,1H3,(H,18,20). The van der Waals surface area contributed by atoms with E-state index in [1.165, 1.54) is 4.88 Å². The quantitative estimate of drug-likeness (QED) is 0.930. The zero-order valence-electron chi connectivity index (χ0n) is 13.1. The van der Waals surface area contributed by atoms with Gasteiger partial charge in [-0.15, -0.1) is 11.3 Å². The highest BCUT2D eigenvalue weighted by molar-refractivity contribution is 7.09. The number of benzene rings is 1. The molecular weight excluding hydrogens is 312 g/mol. The molecule has 5 nitrogen and oxygen atoms in total. The molecule has 23 heavy (non-hydrogen) atoms. The summed E-state index contributed by atoms with van der Waals surface area (Å²) in [5, 5.41) is 4.95. The summed E-state index contributed by atoms with van der Waals surface area (Å²) in [6, 6.07) is 9.46. The van der Waals surface area contributed by atoms with Gasteiger partial charge in [-0.2, -0.15) is 0 Å². The van der Waals surface area contributed by atoms with Crippen LogP contribution in [0.1, 0.15) is 11.3 Å². The molecule has 0 saturated heterocycles. The number of nitrogens with one attached hydrogen (secondary N) is 1. The van der Waals surface area contributed by atoms with Gasteiger partial charge < -0.3 is 19.7 Å². The second kappa shape index (κ2) is 7.37. The normalized spacial score (nSPS) is 13.3. The molecule has 0 bridgehead atoms. The van der Waals surface area contributed by atoms with Crippen molar-refractivity contribution in [3.8, 4) is 11.5 Å². The molecule has 0 fully saturated rings. The second-order valence-corrected chi connectivity index (χ2v) is 6.43. The van der Waals surface area contributed by atoms with Crippen LogP contribution in [0, 0.1) is 0 Å². The molecule has 122 valence electrons. The van der Waals surface area contributed by atoms with Gasteiger partial charge in [-0.1, -0.05) is 6.07 Å². The lowest BCUT2D eigenvalue weighted by atomic mass is 10.2. The number of carbonyl (C=O) groups is 1. The van der Waals surface area contributed by atoms with Crippen LogP contribution in [0.25, 0.3) is 0 Å². The third-order valence-electron chi connectivity index (χ3n) is 3.62. The van der Waals surface area contributed by atoms with Crippen molar-refractivity contribution in [1.29, 1.82) is 0 Å². The zero-order valence-corrected chi connectivity index (χ0v) is 13.9. The molecular formula is C17H20N2O3S. The van der Waals surface area contributed by atoms with Crippen LogP contribution in [0.4, 0.5) is 10.5 Å². The number of nitrogens with zero attached hydrogens (tertiary/aromatic N) is 1. The number of thiophene rings is 1. The van der Waals surface area contributed by atoms with Gasteiger partial charge in [0.05, 0.1) is 13.2 Å². The number of rotatable bonds is 4. The van der Waals surface area contributed by atoms with Crippen LogP contribution in [0.5, 0.6) is 11.5 Å². The zero-order chi connectivity index (χ0) is 16.1. The number of likely N-dealkylation sites (N-methyl/N-ethyl adjacent to an activating group) is 1. The minimum atomic E-state index is -0.129. The Bertz CT molecular complexity index is 658. The van der Waals surface area contributed by atoms with Crippen molar-refractivity contribution >= 4 is 23.1 Å². The van der Waals surface area contributed by atoms with Gasteiger partial charge in [0, 0.05) is 36.6 Å². The monoisotopic (exact) mass is 332 g/mol. The highest BCUT2D eigenvalue weighted by atomic mass is 32.1. The highest BCUT2D eigenvalue weighted by Crippen LogP contribution is 2.32. The van der Waals surface area contributed by atoms with E-state index in [0.29, 0.717) is 31.2 Å². The largest absolute Gasteiger partial charge is 0.490 e. The van der Waals surface area contributed by atoms with Crippen LogP contribution in [-0.4, -0.2) is 37.7 Å². The first kappa shape index (κ1) is 15.7. The topological polar surface area (TPSA) is 50.8 Å². The lowest BCUT2D eigenvalue weighted by molar-refractivity contribution is 0.223. The van der Waals surface area contributed by atoms with Crippen LogP contribution in [0.2, 0.25) is 0 Å². The van der Waals surface area contributed by atoms with E-state index in [2.05, 4.69) is 11.4 Å². The third kappa shape index (κ3) is 4.16. The number of amides is 2. The maximum Gasteiger partial charge on any atom is 0.321 e. The molecule has 3 rings (SSSR count). The van der Waals surface area contributed by atoms with E-state index in [9.17, 15) is 4.79 Å². The Morgan fingerprint density at radius 1 is 1.26 bits per heavy atom. The van der Waals surface area contributed by atoms with Crippen LogP contribution >= 0.6 is 11.3 Å². The Morgan fingerprint density at radius 2 is 2.09 bits per heavy atom. The molecule has 1 aromatic heterocycles. The Labute approximate surface area is 139 Å². The van der Waals surface area contributed by atoms with Gasteiger partial charge in [-0.3, -0.25) is 0 Å². The predicted octanol–water partition coefficient (Wildman–Crippen LogP) is 3.62. The number of anilines is 1. The summed E-state index contributed by atoms with van der Waals surface area (Å²) in [7, 11) is 1.80. The van der Waals surface area contributed by atoms with Gasteiger partial charge >= 0.3 is 6.03 Å². The number of hydrogen-bond donors (Lipinski definition) is 1. The molecule has 0 spiro atoms. The van der Waals surface area contributed by atoms with Crippen LogP contribution in [0.15, 0.2) is 35.7 Å². The Kier molecular flexibility index (Phi) is 5.02. The van der Waals surface area contributed by atoms with Crippen molar-refractivity contribution in [2.45, 2.75) is 12.8 Å². The summed E-state index contributed by atoms with van der Waals surface area (Å²) in [6.07, 6.45) is 1.73. The average Bonchev–Trinajstić information content (AvgIpc) is 2.97. The summed E-state index contributed by atoms with van der Waals surface area (Å²) in [5.74, 6) is 1.41. The number of carbonyl (C=O) groups excluding carboxylic acids is 1. The molecule has 2 heterocycles. The minimum Gasteiger partial charge on any atom is -0.490 e. The number of hydrogen-bond acceptors (Lipinski definition) is 4. The minimum absolute atomic E-state index is 0.129.